The average molecular weight is 338 g/mol. The molecule has 0 bridgehead atoms. The average Bonchev–Trinajstić information content (AvgIpc) is 3.08. The summed E-state index contributed by atoms with van der Waals surface area (Å²) in [6.07, 6.45) is 1.74. The van der Waals surface area contributed by atoms with Crippen LogP contribution < -0.4 is 14.4 Å². The van der Waals surface area contributed by atoms with Gasteiger partial charge in [0.05, 0.1) is 5.56 Å². The topological polar surface area (TPSA) is 73.5 Å². The van der Waals surface area contributed by atoms with Crippen LogP contribution in [0.25, 0.3) is 11.5 Å². The van der Waals surface area contributed by atoms with Crippen LogP contribution in [0.4, 0.5) is 5.82 Å². The molecule has 4 rings (SSSR count). The number of aryl methyl sites for hydroxylation is 1. The molecule has 0 radical (unpaired) electrons. The van der Waals surface area contributed by atoms with E-state index in [2.05, 4.69) is 20.0 Å². The van der Waals surface area contributed by atoms with E-state index in [-0.39, 0.29) is 0 Å². The van der Waals surface area contributed by atoms with Crippen LogP contribution in [-0.2, 0) is 6.54 Å². The highest BCUT2D eigenvalue weighted by Gasteiger charge is 2.13. The summed E-state index contributed by atoms with van der Waals surface area (Å²) in [6, 6.07) is 9.87. The minimum Gasteiger partial charge on any atom is -0.486 e. The van der Waals surface area contributed by atoms with Gasteiger partial charge in [-0.15, -0.1) is 0 Å². The molecule has 0 aliphatic carbocycles. The Labute approximate surface area is 145 Å². The van der Waals surface area contributed by atoms with Crippen molar-refractivity contribution in [2.45, 2.75) is 13.5 Å². The van der Waals surface area contributed by atoms with Gasteiger partial charge in [0.25, 0.3) is 5.89 Å². The van der Waals surface area contributed by atoms with Crippen molar-refractivity contribution in [2.75, 3.05) is 25.2 Å². The Morgan fingerprint density at radius 3 is 2.64 bits per heavy atom. The first-order valence-corrected chi connectivity index (χ1v) is 8.05. The quantitative estimate of drug-likeness (QED) is 0.724. The van der Waals surface area contributed by atoms with Crippen molar-refractivity contribution in [2.24, 2.45) is 0 Å². The van der Waals surface area contributed by atoms with Crippen molar-refractivity contribution in [3.8, 4) is 23.0 Å². The molecule has 0 fully saturated rings. The summed E-state index contributed by atoms with van der Waals surface area (Å²) < 4.78 is 16.3. The van der Waals surface area contributed by atoms with Gasteiger partial charge in [0, 0.05) is 19.8 Å². The lowest BCUT2D eigenvalue weighted by Crippen LogP contribution is -2.19. The van der Waals surface area contributed by atoms with E-state index >= 15 is 0 Å². The molecule has 1 aromatic carbocycles. The highest BCUT2D eigenvalue weighted by molar-refractivity contribution is 5.54. The van der Waals surface area contributed by atoms with Crippen molar-refractivity contribution in [3.63, 3.8) is 0 Å². The predicted molar refractivity (Wildman–Crippen MR) is 91.8 cm³/mol. The molecule has 0 amide bonds. The van der Waals surface area contributed by atoms with Crippen LogP contribution in [0.3, 0.4) is 0 Å². The molecule has 0 spiro atoms. The highest BCUT2D eigenvalue weighted by atomic mass is 16.6. The molecule has 7 nitrogen and oxygen atoms in total. The second-order valence-electron chi connectivity index (χ2n) is 5.89. The number of aromatic nitrogens is 3. The Kier molecular flexibility index (Phi) is 3.97. The Hall–Kier alpha value is -3.09. The number of benzene rings is 1. The van der Waals surface area contributed by atoms with Crippen molar-refractivity contribution in [3.05, 3.63) is 47.9 Å². The number of nitrogens with zero attached hydrogens (tertiary/aromatic N) is 4. The number of ether oxygens (including phenoxy) is 2. The fraction of sp³-hybridized carbons (Fsp3) is 0.278. The smallest absolute Gasteiger partial charge is 0.259 e. The van der Waals surface area contributed by atoms with Crippen LogP contribution in [0.1, 0.15) is 11.4 Å². The van der Waals surface area contributed by atoms with Crippen LogP contribution in [0.15, 0.2) is 41.1 Å². The molecular formula is C18H18N4O3. The van der Waals surface area contributed by atoms with Crippen molar-refractivity contribution in [1.82, 2.24) is 15.1 Å². The summed E-state index contributed by atoms with van der Waals surface area (Å²) in [5, 5.41) is 3.80. The van der Waals surface area contributed by atoms with E-state index in [1.165, 1.54) is 0 Å². The second-order valence-corrected chi connectivity index (χ2v) is 5.89. The maximum absolute atomic E-state index is 5.64. The van der Waals surface area contributed by atoms with Crippen molar-refractivity contribution in [1.29, 1.82) is 0 Å². The molecule has 25 heavy (non-hydrogen) atoms. The molecule has 1 aliphatic rings. The summed E-state index contributed by atoms with van der Waals surface area (Å²) >= 11 is 0. The van der Waals surface area contributed by atoms with E-state index in [1.54, 1.807) is 13.1 Å². The number of rotatable bonds is 4. The van der Waals surface area contributed by atoms with Crippen LogP contribution in [0.5, 0.6) is 11.5 Å². The van der Waals surface area contributed by atoms with Gasteiger partial charge < -0.3 is 18.9 Å². The Morgan fingerprint density at radius 2 is 1.92 bits per heavy atom. The molecule has 0 saturated heterocycles. The van der Waals surface area contributed by atoms with Gasteiger partial charge in [0.2, 0.25) is 0 Å². The summed E-state index contributed by atoms with van der Waals surface area (Å²) in [5.74, 6) is 3.54. The lowest BCUT2D eigenvalue weighted by atomic mass is 10.2. The van der Waals surface area contributed by atoms with Crippen LogP contribution in [0, 0.1) is 6.92 Å². The molecule has 7 heteroatoms. The lowest BCUT2D eigenvalue weighted by molar-refractivity contribution is 0.171. The molecule has 1 aliphatic heterocycles. The molecule has 0 N–H and O–H groups in total. The Balaban J connectivity index is 1.48. The van der Waals surface area contributed by atoms with Gasteiger partial charge in [-0.05, 0) is 36.8 Å². The van der Waals surface area contributed by atoms with E-state index in [0.29, 0.717) is 31.5 Å². The molecule has 0 unspecified atom stereocenters. The molecule has 2 aromatic heterocycles. The van der Waals surface area contributed by atoms with E-state index in [9.17, 15) is 0 Å². The van der Waals surface area contributed by atoms with E-state index in [4.69, 9.17) is 14.0 Å². The number of pyridine rings is 1. The monoisotopic (exact) mass is 338 g/mol. The molecule has 0 saturated carbocycles. The summed E-state index contributed by atoms with van der Waals surface area (Å²) in [4.78, 5) is 10.8. The molecule has 128 valence electrons. The molecule has 3 aromatic rings. The predicted octanol–water partition coefficient (Wildman–Crippen LogP) is 2.85. The zero-order chi connectivity index (χ0) is 17.2. The number of hydrogen-bond donors (Lipinski definition) is 0. The Morgan fingerprint density at radius 1 is 1.08 bits per heavy atom. The van der Waals surface area contributed by atoms with E-state index in [0.717, 1.165) is 28.4 Å². The molecule has 3 heterocycles. The largest absolute Gasteiger partial charge is 0.486 e. The zero-order valence-electron chi connectivity index (χ0n) is 14.1. The van der Waals surface area contributed by atoms with Crippen LogP contribution in [-0.4, -0.2) is 35.4 Å². The first-order valence-electron chi connectivity index (χ1n) is 8.05. The normalized spacial score (nSPS) is 12.9. The summed E-state index contributed by atoms with van der Waals surface area (Å²) in [7, 11) is 2.00. The lowest BCUT2D eigenvalue weighted by Gasteiger charge is -2.21. The fourth-order valence-electron chi connectivity index (χ4n) is 2.69. The summed E-state index contributed by atoms with van der Waals surface area (Å²) in [5.41, 5.74) is 1.93. The van der Waals surface area contributed by atoms with Gasteiger partial charge in [-0.1, -0.05) is 11.2 Å². The van der Waals surface area contributed by atoms with Gasteiger partial charge in [0.15, 0.2) is 17.3 Å². The Bertz CT molecular complexity index is 876. The highest BCUT2D eigenvalue weighted by Crippen LogP contribution is 2.31. The third-order valence-corrected chi connectivity index (χ3v) is 3.94. The van der Waals surface area contributed by atoms with Crippen LogP contribution in [0.2, 0.25) is 0 Å². The third-order valence-electron chi connectivity index (χ3n) is 3.94. The first-order chi connectivity index (χ1) is 12.2. The maximum atomic E-state index is 5.64. The minimum atomic E-state index is 0.478. The minimum absolute atomic E-state index is 0.478. The van der Waals surface area contributed by atoms with Gasteiger partial charge >= 0.3 is 0 Å². The SMILES string of the molecule is Cc1noc(-c2ccc(N(C)Cc3ccc4c(c3)OCCO4)nc2)n1. The molecule has 0 atom stereocenters. The van der Waals surface area contributed by atoms with Crippen molar-refractivity contribution < 1.29 is 14.0 Å². The third kappa shape index (κ3) is 3.26. The van der Waals surface area contributed by atoms with Gasteiger partial charge in [-0.25, -0.2) is 4.98 Å². The fourth-order valence-corrected chi connectivity index (χ4v) is 2.69. The van der Waals surface area contributed by atoms with Crippen LogP contribution >= 0.6 is 0 Å². The summed E-state index contributed by atoms with van der Waals surface area (Å²) in [6.45, 7) is 3.69. The first kappa shape index (κ1) is 15.4. The van der Waals surface area contributed by atoms with Crippen molar-refractivity contribution >= 4 is 5.82 Å². The van der Waals surface area contributed by atoms with E-state index < -0.39 is 0 Å². The zero-order valence-corrected chi connectivity index (χ0v) is 14.1. The van der Waals surface area contributed by atoms with E-state index in [1.807, 2.05) is 37.4 Å². The number of hydrogen-bond acceptors (Lipinski definition) is 7. The van der Waals surface area contributed by atoms with Gasteiger partial charge in [-0.3, -0.25) is 0 Å². The maximum Gasteiger partial charge on any atom is 0.259 e. The van der Waals surface area contributed by atoms with Gasteiger partial charge in [0.1, 0.15) is 19.0 Å². The number of fused-ring (bicyclic) bond motifs is 1. The molecular weight excluding hydrogens is 320 g/mol. The standard InChI is InChI=1S/C18H18N4O3/c1-12-20-18(25-21-12)14-4-6-17(19-10-14)22(2)11-13-3-5-15-16(9-13)24-8-7-23-15/h3-6,9-10H,7-8,11H2,1-2H3. The van der Waals surface area contributed by atoms with Gasteiger partial charge in [-0.2, -0.15) is 4.98 Å². The second kappa shape index (κ2) is 6.43. The number of anilines is 1.